The number of benzene rings is 2. The van der Waals surface area contributed by atoms with Crippen molar-refractivity contribution < 1.29 is 19.1 Å². The molecule has 0 radical (unpaired) electrons. The van der Waals surface area contributed by atoms with Crippen LogP contribution in [0.25, 0.3) is 0 Å². The van der Waals surface area contributed by atoms with Crippen LogP contribution in [0.2, 0.25) is 0 Å². The molecule has 9 heteroatoms. The number of thioether (sulfide) groups is 1. The number of rotatable bonds is 6. The van der Waals surface area contributed by atoms with E-state index < -0.39 is 17.1 Å². The molecule has 3 aromatic rings. The molecule has 0 unspecified atom stereocenters. The summed E-state index contributed by atoms with van der Waals surface area (Å²) >= 11 is 2.36. The Labute approximate surface area is 205 Å². The molecule has 1 saturated heterocycles. The van der Waals surface area contributed by atoms with Gasteiger partial charge in [0.2, 0.25) is 11.8 Å². The number of amides is 2. The molecular weight excluding hydrogens is 472 g/mol. The number of carbonyl (C=O) groups is 2. The molecule has 0 spiro atoms. The van der Waals surface area contributed by atoms with Crippen molar-refractivity contribution >= 4 is 40.6 Å². The summed E-state index contributed by atoms with van der Waals surface area (Å²) in [5.41, 5.74) is 1.36. The third-order valence-corrected chi connectivity index (χ3v) is 8.36. The molecule has 5 rings (SSSR count). The molecule has 0 saturated carbocycles. The molecule has 1 fully saturated rings. The molecule has 3 atom stereocenters. The number of aromatic nitrogens is 1. The molecule has 176 valence electrons. The Hall–Kier alpha value is -3.04. The van der Waals surface area contributed by atoms with E-state index in [1.807, 2.05) is 24.3 Å². The zero-order valence-electron chi connectivity index (χ0n) is 18.9. The van der Waals surface area contributed by atoms with Gasteiger partial charge in [0.15, 0.2) is 11.5 Å². The second-order valence-corrected chi connectivity index (χ2v) is 10.9. The molecule has 3 heterocycles. The van der Waals surface area contributed by atoms with E-state index in [0.717, 1.165) is 21.8 Å². The van der Waals surface area contributed by atoms with E-state index in [0.29, 0.717) is 34.7 Å². The molecule has 34 heavy (non-hydrogen) atoms. The number of para-hydroxylation sites is 1. The van der Waals surface area contributed by atoms with E-state index in [4.69, 9.17) is 9.47 Å². The van der Waals surface area contributed by atoms with Gasteiger partial charge in [0.05, 0.1) is 30.3 Å². The highest BCUT2D eigenvalue weighted by Gasteiger charge is 2.56. The van der Waals surface area contributed by atoms with Gasteiger partial charge in [-0.3, -0.25) is 14.4 Å². The van der Waals surface area contributed by atoms with Crippen molar-refractivity contribution in [3.63, 3.8) is 0 Å². The molecule has 2 amide bonds. The lowest BCUT2D eigenvalue weighted by Gasteiger charge is -2.30. The Balaban J connectivity index is 1.60. The van der Waals surface area contributed by atoms with Crippen molar-refractivity contribution in [1.29, 1.82) is 0 Å². The van der Waals surface area contributed by atoms with E-state index in [9.17, 15) is 14.4 Å². The Kier molecular flexibility index (Phi) is 5.99. The van der Waals surface area contributed by atoms with Crippen LogP contribution in [0.15, 0.2) is 58.4 Å². The number of H-pyrrole nitrogens is 1. The molecule has 7 nitrogen and oxygen atoms in total. The quantitative estimate of drug-likeness (QED) is 0.513. The predicted octanol–water partition coefficient (Wildman–Crippen LogP) is 4.28. The second-order valence-electron chi connectivity index (χ2n) is 8.71. The minimum absolute atomic E-state index is 0.203. The number of carbonyl (C=O) groups excluding carboxylic acids is 2. The summed E-state index contributed by atoms with van der Waals surface area (Å²) in [5, 5.41) is 0.0229. The number of nitrogens with one attached hydrogen (secondary N) is 1. The van der Waals surface area contributed by atoms with Gasteiger partial charge in [-0.15, -0.1) is 0 Å². The summed E-state index contributed by atoms with van der Waals surface area (Å²) in [6, 6.07) is 14.5. The fourth-order valence-electron chi connectivity index (χ4n) is 4.46. The van der Waals surface area contributed by atoms with Crippen LogP contribution in [0.3, 0.4) is 0 Å². The molecule has 2 aliphatic rings. The highest BCUT2D eigenvalue weighted by Crippen LogP contribution is 2.53. The van der Waals surface area contributed by atoms with Gasteiger partial charge in [-0.2, -0.15) is 0 Å². The van der Waals surface area contributed by atoms with Crippen molar-refractivity contribution in [3.8, 4) is 11.5 Å². The van der Waals surface area contributed by atoms with Crippen LogP contribution >= 0.6 is 23.1 Å². The first-order valence-electron chi connectivity index (χ1n) is 11.0. The van der Waals surface area contributed by atoms with Crippen LogP contribution in [0, 0.1) is 11.8 Å². The summed E-state index contributed by atoms with van der Waals surface area (Å²) in [4.78, 5) is 44.1. The maximum absolute atomic E-state index is 13.7. The first-order chi connectivity index (χ1) is 16.4. The van der Waals surface area contributed by atoms with Crippen molar-refractivity contribution in [1.82, 2.24) is 4.98 Å². The van der Waals surface area contributed by atoms with Crippen LogP contribution in [0.4, 0.5) is 5.69 Å². The van der Waals surface area contributed by atoms with Crippen LogP contribution in [-0.2, 0) is 9.59 Å². The van der Waals surface area contributed by atoms with Crippen LogP contribution in [0.5, 0.6) is 11.5 Å². The molecule has 1 N–H and O–H groups in total. The number of imide groups is 1. The minimum atomic E-state index is -0.635. The smallest absolute Gasteiger partial charge is 0.305 e. The topological polar surface area (TPSA) is 88.7 Å². The SMILES string of the molecule is COc1cc([C@@H]2c3sc(=O)[nH]c3S[C@H]3C(=O)N(c4ccccc4)C(=O)[C@@H]23)ccc1OCC(C)C. The zero-order valence-corrected chi connectivity index (χ0v) is 20.6. The Morgan fingerprint density at radius 3 is 2.50 bits per heavy atom. The maximum Gasteiger partial charge on any atom is 0.305 e. The van der Waals surface area contributed by atoms with E-state index in [1.54, 1.807) is 31.4 Å². The summed E-state index contributed by atoms with van der Waals surface area (Å²) < 4.78 is 11.5. The summed E-state index contributed by atoms with van der Waals surface area (Å²) in [7, 11) is 1.57. The fraction of sp³-hybridized carbons (Fsp3) is 0.320. The number of thiazole rings is 1. The molecule has 0 bridgehead atoms. The van der Waals surface area contributed by atoms with Gasteiger partial charge in [0.1, 0.15) is 5.25 Å². The monoisotopic (exact) mass is 496 g/mol. The van der Waals surface area contributed by atoms with Gasteiger partial charge >= 0.3 is 4.87 Å². The lowest BCUT2D eigenvalue weighted by Crippen LogP contribution is -2.32. The fourth-order valence-corrected chi connectivity index (χ4v) is 6.98. The highest BCUT2D eigenvalue weighted by atomic mass is 32.2. The van der Waals surface area contributed by atoms with Crippen molar-refractivity contribution in [2.45, 2.75) is 30.0 Å². The number of aromatic amines is 1. The number of anilines is 1. The number of hydrogen-bond donors (Lipinski definition) is 1. The zero-order chi connectivity index (χ0) is 24.0. The average molecular weight is 497 g/mol. The van der Waals surface area contributed by atoms with E-state index in [1.165, 1.54) is 16.7 Å². The van der Waals surface area contributed by atoms with Gasteiger partial charge in [-0.25, -0.2) is 4.90 Å². The Morgan fingerprint density at radius 1 is 1.03 bits per heavy atom. The summed E-state index contributed by atoms with van der Waals surface area (Å²) in [5.74, 6) is -0.0986. The lowest BCUT2D eigenvalue weighted by atomic mass is 9.83. The largest absolute Gasteiger partial charge is 0.493 e. The normalized spacial score (nSPS) is 21.5. The van der Waals surface area contributed by atoms with Gasteiger partial charge in [0.25, 0.3) is 0 Å². The van der Waals surface area contributed by atoms with Gasteiger partial charge < -0.3 is 14.5 Å². The predicted molar refractivity (Wildman–Crippen MR) is 132 cm³/mol. The van der Waals surface area contributed by atoms with Gasteiger partial charge in [0, 0.05) is 10.8 Å². The van der Waals surface area contributed by atoms with Crippen LogP contribution in [0.1, 0.15) is 30.2 Å². The van der Waals surface area contributed by atoms with Crippen LogP contribution < -0.4 is 19.2 Å². The van der Waals surface area contributed by atoms with E-state index >= 15 is 0 Å². The van der Waals surface area contributed by atoms with Gasteiger partial charge in [-0.1, -0.05) is 61.2 Å². The first-order valence-corrected chi connectivity index (χ1v) is 12.7. The first kappa shape index (κ1) is 22.7. The van der Waals surface area contributed by atoms with Crippen molar-refractivity contribution in [3.05, 3.63) is 68.6 Å². The number of ether oxygens (including phenoxy) is 2. The van der Waals surface area contributed by atoms with Gasteiger partial charge in [-0.05, 0) is 35.7 Å². The van der Waals surface area contributed by atoms with E-state index in [2.05, 4.69) is 18.8 Å². The highest BCUT2D eigenvalue weighted by molar-refractivity contribution is 8.00. The number of methoxy groups -OCH3 is 1. The molecule has 1 aromatic heterocycles. The number of hydrogen-bond acceptors (Lipinski definition) is 7. The molecule has 2 aliphatic heterocycles. The standard InChI is InChI=1S/C25H24N2O5S2/c1-13(2)12-32-16-10-9-14(11-17(16)31-3)18-19-21(33-22-20(18)34-25(30)26-22)24(29)27(23(19)28)15-7-5-4-6-8-15/h4-11,13,18-19,21H,12H2,1-3H3,(H,26,30)/t18-,19-,21+/m0/s1. The third kappa shape index (κ3) is 3.82. The molecule has 2 aromatic carbocycles. The van der Waals surface area contributed by atoms with Crippen LogP contribution in [-0.4, -0.2) is 35.8 Å². The Morgan fingerprint density at radius 2 is 1.79 bits per heavy atom. The summed E-state index contributed by atoms with van der Waals surface area (Å²) in [6.07, 6.45) is 0. The Bertz CT molecular complexity index is 1300. The van der Waals surface area contributed by atoms with Crippen molar-refractivity contribution in [2.24, 2.45) is 11.8 Å². The summed E-state index contributed by atoms with van der Waals surface area (Å²) in [6.45, 7) is 4.68. The maximum atomic E-state index is 13.7. The molecular formula is C25H24N2O5S2. The average Bonchev–Trinajstić information content (AvgIpc) is 3.32. The second kappa shape index (κ2) is 8.96. The minimum Gasteiger partial charge on any atom is -0.493 e. The van der Waals surface area contributed by atoms with E-state index in [-0.39, 0.29) is 16.7 Å². The number of nitrogens with zero attached hydrogens (tertiary/aromatic N) is 1. The lowest BCUT2D eigenvalue weighted by molar-refractivity contribution is -0.122. The van der Waals surface area contributed by atoms with Crippen molar-refractivity contribution in [2.75, 3.05) is 18.6 Å². The number of fused-ring (bicyclic) bond motifs is 2. The third-order valence-electron chi connectivity index (χ3n) is 5.96. The molecule has 0 aliphatic carbocycles.